The van der Waals surface area contributed by atoms with Crippen molar-refractivity contribution in [3.8, 4) is 12.1 Å². The molecule has 0 atom stereocenters. The molecule has 0 aromatic heterocycles. The minimum atomic E-state index is -0.290. The summed E-state index contributed by atoms with van der Waals surface area (Å²) in [4.78, 5) is 13.2. The van der Waals surface area contributed by atoms with E-state index in [-0.39, 0.29) is 19.0 Å². The molecular weight excluding hydrogens is 226 g/mol. The first-order valence-corrected chi connectivity index (χ1v) is 5.45. The number of hydrogen-bond acceptors (Lipinski definition) is 3. The van der Waals surface area contributed by atoms with Gasteiger partial charge < -0.3 is 4.90 Å². The lowest BCUT2D eigenvalue weighted by Gasteiger charge is -2.15. The molecule has 0 spiro atoms. The van der Waals surface area contributed by atoms with E-state index in [2.05, 4.69) is 0 Å². The van der Waals surface area contributed by atoms with Crippen LogP contribution in [0.25, 0.3) is 6.08 Å². The molecule has 0 N–H and O–H groups in total. The van der Waals surface area contributed by atoms with Crippen molar-refractivity contribution >= 4 is 12.0 Å². The second-order valence-electron chi connectivity index (χ2n) is 3.72. The molecule has 0 fully saturated rings. The summed E-state index contributed by atoms with van der Waals surface area (Å²) in [6.45, 7) is 1.52. The average molecular weight is 239 g/mol. The second kappa shape index (κ2) is 6.88. The van der Waals surface area contributed by atoms with Crippen LogP contribution in [0.1, 0.15) is 12.5 Å². The summed E-state index contributed by atoms with van der Waals surface area (Å²) in [5, 5.41) is 17.2. The highest BCUT2D eigenvalue weighted by Crippen LogP contribution is 2.08. The molecule has 1 amide bonds. The summed E-state index contributed by atoms with van der Waals surface area (Å²) >= 11 is 0. The van der Waals surface area contributed by atoms with E-state index in [0.29, 0.717) is 5.57 Å². The van der Waals surface area contributed by atoms with Crippen LogP contribution in [0.2, 0.25) is 0 Å². The van der Waals surface area contributed by atoms with Crippen LogP contribution in [0.15, 0.2) is 35.9 Å². The SMILES string of the molecule is CC(=Cc1ccccc1)C(=O)N(CC#N)CC#N. The fourth-order valence-corrected chi connectivity index (χ4v) is 1.48. The summed E-state index contributed by atoms with van der Waals surface area (Å²) in [5.41, 5.74) is 1.42. The lowest BCUT2D eigenvalue weighted by atomic mass is 10.1. The Bertz CT molecular complexity index is 504. The third-order valence-electron chi connectivity index (χ3n) is 2.33. The van der Waals surface area contributed by atoms with Crippen molar-refractivity contribution in [2.45, 2.75) is 6.92 Å². The smallest absolute Gasteiger partial charge is 0.251 e. The minimum Gasteiger partial charge on any atom is -0.312 e. The molecule has 0 saturated heterocycles. The van der Waals surface area contributed by atoms with E-state index >= 15 is 0 Å². The van der Waals surface area contributed by atoms with Gasteiger partial charge in [-0.25, -0.2) is 0 Å². The predicted molar refractivity (Wildman–Crippen MR) is 67.9 cm³/mol. The van der Waals surface area contributed by atoms with Gasteiger partial charge in [0.2, 0.25) is 0 Å². The van der Waals surface area contributed by atoms with Crippen molar-refractivity contribution in [2.24, 2.45) is 0 Å². The maximum Gasteiger partial charge on any atom is 0.251 e. The van der Waals surface area contributed by atoms with Gasteiger partial charge in [0.05, 0.1) is 12.1 Å². The quantitative estimate of drug-likeness (QED) is 0.595. The lowest BCUT2D eigenvalue weighted by molar-refractivity contribution is -0.125. The number of rotatable bonds is 4. The summed E-state index contributed by atoms with van der Waals surface area (Å²) in [7, 11) is 0. The highest BCUT2D eigenvalue weighted by molar-refractivity contribution is 5.97. The van der Waals surface area contributed by atoms with Gasteiger partial charge in [-0.2, -0.15) is 10.5 Å². The fraction of sp³-hybridized carbons (Fsp3) is 0.214. The van der Waals surface area contributed by atoms with Crippen LogP contribution in [0, 0.1) is 22.7 Å². The average Bonchev–Trinajstić information content (AvgIpc) is 2.39. The monoisotopic (exact) mass is 239 g/mol. The lowest BCUT2D eigenvalue weighted by Crippen LogP contribution is -2.32. The third-order valence-corrected chi connectivity index (χ3v) is 2.33. The molecule has 0 aliphatic heterocycles. The van der Waals surface area contributed by atoms with Crippen molar-refractivity contribution < 1.29 is 4.79 Å². The van der Waals surface area contributed by atoms with Crippen LogP contribution < -0.4 is 0 Å². The zero-order chi connectivity index (χ0) is 13.4. The van der Waals surface area contributed by atoms with Crippen molar-refractivity contribution in [1.82, 2.24) is 4.90 Å². The summed E-state index contributed by atoms with van der Waals surface area (Å²) in [6, 6.07) is 13.2. The molecule has 0 radical (unpaired) electrons. The van der Waals surface area contributed by atoms with Gasteiger partial charge in [-0.3, -0.25) is 4.79 Å². The molecule has 1 aromatic rings. The number of hydrogen-bond donors (Lipinski definition) is 0. The first-order chi connectivity index (χ1) is 8.69. The van der Waals surface area contributed by atoms with Gasteiger partial charge in [0.1, 0.15) is 13.1 Å². The van der Waals surface area contributed by atoms with E-state index in [9.17, 15) is 4.79 Å². The molecule has 90 valence electrons. The molecule has 1 rings (SSSR count). The topological polar surface area (TPSA) is 67.9 Å². The Morgan fingerprint density at radius 3 is 2.28 bits per heavy atom. The maximum atomic E-state index is 12.0. The summed E-state index contributed by atoms with van der Waals surface area (Å²) in [6.07, 6.45) is 1.74. The first-order valence-electron chi connectivity index (χ1n) is 5.45. The van der Waals surface area contributed by atoms with E-state index in [1.165, 1.54) is 4.90 Å². The minimum absolute atomic E-state index is 0.0770. The van der Waals surface area contributed by atoms with Crippen LogP contribution in [0.5, 0.6) is 0 Å². The van der Waals surface area contributed by atoms with Crippen LogP contribution in [-0.4, -0.2) is 23.9 Å². The van der Waals surface area contributed by atoms with Crippen molar-refractivity contribution in [2.75, 3.05) is 13.1 Å². The number of carbonyl (C=O) groups excluding carboxylic acids is 1. The van der Waals surface area contributed by atoms with Gasteiger partial charge in [0.25, 0.3) is 5.91 Å². The Kier molecular flexibility index (Phi) is 5.15. The highest BCUT2D eigenvalue weighted by Gasteiger charge is 2.14. The molecule has 0 aliphatic carbocycles. The van der Waals surface area contributed by atoms with Crippen LogP contribution in [0.4, 0.5) is 0 Å². The number of benzene rings is 1. The number of carbonyl (C=O) groups is 1. The zero-order valence-electron chi connectivity index (χ0n) is 10.1. The molecule has 0 saturated carbocycles. The number of nitrogens with zero attached hydrogens (tertiary/aromatic N) is 3. The molecular formula is C14H13N3O. The van der Waals surface area contributed by atoms with Crippen LogP contribution >= 0.6 is 0 Å². The third kappa shape index (κ3) is 3.77. The van der Waals surface area contributed by atoms with Crippen molar-refractivity contribution in [3.63, 3.8) is 0 Å². The Morgan fingerprint density at radius 1 is 1.22 bits per heavy atom. The Hall–Kier alpha value is -2.59. The maximum absolute atomic E-state index is 12.0. The molecule has 0 heterocycles. The second-order valence-corrected chi connectivity index (χ2v) is 3.72. The Morgan fingerprint density at radius 2 is 1.78 bits per heavy atom. The van der Waals surface area contributed by atoms with E-state index < -0.39 is 0 Å². The van der Waals surface area contributed by atoms with Gasteiger partial charge in [-0.1, -0.05) is 30.3 Å². The molecule has 0 aliphatic rings. The predicted octanol–water partition coefficient (Wildman–Crippen LogP) is 1.97. The van der Waals surface area contributed by atoms with Crippen LogP contribution in [0.3, 0.4) is 0 Å². The Labute approximate surface area is 106 Å². The first kappa shape index (κ1) is 13.5. The Balaban J connectivity index is 2.86. The van der Waals surface area contributed by atoms with E-state index in [1.807, 2.05) is 42.5 Å². The van der Waals surface area contributed by atoms with Gasteiger partial charge in [0.15, 0.2) is 0 Å². The molecule has 0 bridgehead atoms. The number of nitriles is 2. The fourth-order valence-electron chi connectivity index (χ4n) is 1.48. The number of amides is 1. The van der Waals surface area contributed by atoms with Gasteiger partial charge in [0, 0.05) is 5.57 Å². The van der Waals surface area contributed by atoms with Gasteiger partial charge in [-0.15, -0.1) is 0 Å². The van der Waals surface area contributed by atoms with Crippen molar-refractivity contribution in [1.29, 1.82) is 10.5 Å². The highest BCUT2D eigenvalue weighted by atomic mass is 16.2. The zero-order valence-corrected chi connectivity index (χ0v) is 10.1. The van der Waals surface area contributed by atoms with Crippen molar-refractivity contribution in [3.05, 3.63) is 41.5 Å². The molecule has 4 nitrogen and oxygen atoms in total. The standard InChI is InChI=1S/C14H13N3O/c1-12(11-13-5-3-2-4-6-13)14(18)17(9-7-15)10-8-16/h2-6,11H,9-10H2,1H3. The summed E-state index contributed by atoms with van der Waals surface area (Å²) < 4.78 is 0. The van der Waals surface area contributed by atoms with E-state index in [1.54, 1.807) is 13.0 Å². The largest absolute Gasteiger partial charge is 0.312 e. The molecule has 18 heavy (non-hydrogen) atoms. The molecule has 0 unspecified atom stereocenters. The normalized spacial score (nSPS) is 10.3. The summed E-state index contributed by atoms with van der Waals surface area (Å²) in [5.74, 6) is -0.290. The van der Waals surface area contributed by atoms with E-state index in [0.717, 1.165) is 5.56 Å². The molecule has 1 aromatic carbocycles. The van der Waals surface area contributed by atoms with Gasteiger partial charge >= 0.3 is 0 Å². The van der Waals surface area contributed by atoms with Crippen LogP contribution in [-0.2, 0) is 4.79 Å². The van der Waals surface area contributed by atoms with Gasteiger partial charge in [-0.05, 0) is 18.6 Å². The van der Waals surface area contributed by atoms with E-state index in [4.69, 9.17) is 10.5 Å². The molecule has 4 heteroatoms.